The Kier molecular flexibility index (Phi) is 13.9. The molecule has 10 heteroatoms. The molecule has 0 heterocycles. The summed E-state index contributed by atoms with van der Waals surface area (Å²) in [6.45, 7) is 22.1. The van der Waals surface area contributed by atoms with E-state index in [4.69, 9.17) is 13.9 Å². The number of hydrogen-bond donors (Lipinski definition) is 3. The Morgan fingerprint density at radius 1 is 0.852 bits per heavy atom. The van der Waals surface area contributed by atoms with Crippen molar-refractivity contribution >= 4 is 36.5 Å². The molecule has 6 rings (SSSR count). The van der Waals surface area contributed by atoms with Gasteiger partial charge >= 0.3 is 12.1 Å². The van der Waals surface area contributed by atoms with Gasteiger partial charge in [-0.05, 0) is 96.2 Å². The van der Waals surface area contributed by atoms with Crippen LogP contribution in [0.15, 0.2) is 84.9 Å². The zero-order valence-corrected chi connectivity index (χ0v) is 39.4. The maximum Gasteiger partial charge on any atom is 0.407 e. The van der Waals surface area contributed by atoms with Gasteiger partial charge in [0.15, 0.2) is 0 Å². The molecule has 3 N–H and O–H groups in total. The highest BCUT2D eigenvalue weighted by Gasteiger charge is 2.69. The molecule has 0 aromatic heterocycles. The molecule has 3 aliphatic carbocycles. The molecular formula is C51H72N2O7Si. The fraction of sp³-hybridized carbons (Fsp3) is 0.588. The Labute approximate surface area is 366 Å². The Morgan fingerprint density at radius 2 is 1.43 bits per heavy atom. The number of aliphatic hydroxyl groups excluding tert-OH is 1. The monoisotopic (exact) mass is 853 g/mol. The number of hydrogen-bond acceptors (Lipinski definition) is 8. The van der Waals surface area contributed by atoms with E-state index in [9.17, 15) is 19.5 Å². The van der Waals surface area contributed by atoms with Crippen molar-refractivity contribution in [2.45, 2.75) is 144 Å². The van der Waals surface area contributed by atoms with Crippen molar-refractivity contribution < 1.29 is 33.4 Å². The van der Waals surface area contributed by atoms with Crippen molar-refractivity contribution in [2.75, 3.05) is 13.2 Å². The minimum atomic E-state index is -3.02. The zero-order chi connectivity index (χ0) is 44.4. The van der Waals surface area contributed by atoms with E-state index in [2.05, 4.69) is 95.5 Å². The second kappa shape index (κ2) is 18.1. The Morgan fingerprint density at radius 3 is 1.97 bits per heavy atom. The van der Waals surface area contributed by atoms with Crippen LogP contribution >= 0.6 is 0 Å². The molecule has 1 amide bonds. The first kappa shape index (κ1) is 46.7. The van der Waals surface area contributed by atoms with Crippen LogP contribution in [0.4, 0.5) is 4.79 Å². The Bertz CT molecular complexity index is 1940. The molecule has 0 saturated heterocycles. The van der Waals surface area contributed by atoms with Gasteiger partial charge in [-0.15, -0.1) is 0 Å². The second-order valence-electron chi connectivity index (χ2n) is 20.9. The van der Waals surface area contributed by atoms with Gasteiger partial charge < -0.3 is 29.6 Å². The van der Waals surface area contributed by atoms with Crippen LogP contribution in [0.5, 0.6) is 0 Å². The fourth-order valence-corrected chi connectivity index (χ4v) is 16.0. The molecule has 1 unspecified atom stereocenters. The SMILES string of the molecule is CC[C@@]1(C)C[C@@H](OC(=O)CO[Si](c2ccccc2)(c2ccccc2)C(C)(C)C)[C@@]2(C)C3C(=O)CC[C@@]3(CC[C@H]2C)[C@@H](CNCc2ccc(CNC(=O)OC(C)(C)C)cc2)[C@@H]1O. The molecule has 2 bridgehead atoms. The number of ether oxygens (including phenoxy) is 2. The molecule has 3 aromatic carbocycles. The maximum absolute atomic E-state index is 14.5. The fourth-order valence-electron chi connectivity index (χ4n) is 11.5. The summed E-state index contributed by atoms with van der Waals surface area (Å²) in [7, 11) is -3.02. The molecule has 61 heavy (non-hydrogen) atoms. The van der Waals surface area contributed by atoms with Gasteiger partial charge in [0.25, 0.3) is 8.32 Å². The van der Waals surface area contributed by atoms with E-state index in [0.29, 0.717) is 38.9 Å². The Hall–Kier alpha value is -3.83. The molecule has 0 radical (unpaired) electrons. The van der Waals surface area contributed by atoms with Crippen molar-refractivity contribution in [1.29, 1.82) is 0 Å². The van der Waals surface area contributed by atoms with Crippen LogP contribution in [0, 0.1) is 34.0 Å². The molecule has 332 valence electrons. The van der Waals surface area contributed by atoms with Gasteiger partial charge in [-0.25, -0.2) is 9.59 Å². The predicted octanol–water partition coefficient (Wildman–Crippen LogP) is 8.49. The number of esters is 1. The lowest BCUT2D eigenvalue weighted by molar-refractivity contribution is -0.214. The number of Topliss-reactive ketones (excluding diaryl/α,β-unsaturated/α-hetero) is 1. The lowest BCUT2D eigenvalue weighted by Crippen LogP contribution is -2.67. The number of benzene rings is 3. The molecule has 0 aliphatic heterocycles. The van der Waals surface area contributed by atoms with Gasteiger partial charge in [0.2, 0.25) is 0 Å². The summed E-state index contributed by atoms with van der Waals surface area (Å²) >= 11 is 0. The van der Waals surface area contributed by atoms with Gasteiger partial charge in [0.05, 0.1) is 6.10 Å². The van der Waals surface area contributed by atoms with Crippen LogP contribution in [0.25, 0.3) is 0 Å². The average molecular weight is 853 g/mol. The highest BCUT2D eigenvalue weighted by Crippen LogP contribution is 2.68. The third kappa shape index (κ3) is 9.29. The number of amides is 1. The number of alkyl carbamates (subject to hydrolysis) is 1. The Balaban J connectivity index is 1.24. The molecule has 3 aliphatic rings. The minimum Gasteiger partial charge on any atom is -0.460 e. The lowest BCUT2D eigenvalue weighted by atomic mass is 9.43. The van der Waals surface area contributed by atoms with E-state index in [0.717, 1.165) is 40.8 Å². The number of ketones is 1. The number of nitrogens with one attached hydrogen (secondary N) is 2. The van der Waals surface area contributed by atoms with Crippen molar-refractivity contribution in [2.24, 2.45) is 34.0 Å². The van der Waals surface area contributed by atoms with Gasteiger partial charge in [-0.2, -0.15) is 0 Å². The number of carbonyl (C=O) groups is 3. The molecule has 0 spiro atoms. The molecule has 3 aromatic rings. The molecular weight excluding hydrogens is 781 g/mol. The third-order valence-corrected chi connectivity index (χ3v) is 20.1. The van der Waals surface area contributed by atoms with Gasteiger partial charge in [-0.3, -0.25) is 4.79 Å². The van der Waals surface area contributed by atoms with Crippen LogP contribution in [0.2, 0.25) is 5.04 Å². The van der Waals surface area contributed by atoms with Gasteiger partial charge in [0, 0.05) is 43.3 Å². The predicted molar refractivity (Wildman–Crippen MR) is 244 cm³/mol. The summed E-state index contributed by atoms with van der Waals surface area (Å²) in [4.78, 5) is 41.1. The van der Waals surface area contributed by atoms with Crippen LogP contribution in [-0.2, 0) is 36.6 Å². The average Bonchev–Trinajstić information content (AvgIpc) is 3.57. The first-order chi connectivity index (χ1) is 28.7. The first-order valence-electron chi connectivity index (χ1n) is 22.6. The van der Waals surface area contributed by atoms with Crippen LogP contribution in [-0.4, -0.2) is 62.2 Å². The van der Waals surface area contributed by atoms with E-state index in [-0.39, 0.29) is 35.2 Å². The molecule has 8 atom stereocenters. The molecule has 3 fully saturated rings. The normalized spacial score (nSPS) is 29.2. The first-order valence-corrected chi connectivity index (χ1v) is 24.5. The van der Waals surface area contributed by atoms with Crippen LogP contribution < -0.4 is 21.0 Å². The van der Waals surface area contributed by atoms with Crippen LogP contribution in [0.3, 0.4) is 0 Å². The summed E-state index contributed by atoms with van der Waals surface area (Å²) in [5.41, 5.74) is -0.150. The largest absolute Gasteiger partial charge is 0.460 e. The van der Waals surface area contributed by atoms with Crippen molar-refractivity contribution in [1.82, 2.24) is 10.6 Å². The quantitative estimate of drug-likeness (QED) is 0.116. The van der Waals surface area contributed by atoms with Gasteiger partial charge in [0.1, 0.15) is 24.1 Å². The summed E-state index contributed by atoms with van der Waals surface area (Å²) < 4.78 is 19.2. The number of aliphatic hydroxyl groups is 1. The van der Waals surface area contributed by atoms with E-state index in [1.54, 1.807) is 0 Å². The lowest BCUT2D eigenvalue weighted by Gasteiger charge is -2.62. The van der Waals surface area contributed by atoms with Crippen molar-refractivity contribution in [3.63, 3.8) is 0 Å². The summed E-state index contributed by atoms with van der Waals surface area (Å²) in [6.07, 6.45) is 2.30. The highest BCUT2D eigenvalue weighted by molar-refractivity contribution is 6.99. The smallest absolute Gasteiger partial charge is 0.407 e. The number of rotatable bonds is 13. The standard InChI is InChI=1S/C51H72N2O7Si/c1-11-49(9)30-42(59-43(55)34-58-61(48(6,7)8,38-18-14-12-15-19-38)39-20-16-13-17-21-39)50(10)35(2)26-28-51(29-27-41(54)44(50)51)40(45(49)56)33-52-31-36-22-24-37(25-23-36)32-53-46(57)60-47(3,4)5/h12-25,35,40,42,44-45,52,56H,11,26-34H2,1-10H3,(H,53,57)/t35-,40+,42-,44?,45+,49+,50+,51+/m1/s1. The summed E-state index contributed by atoms with van der Waals surface area (Å²) in [5, 5.41) is 21.1. The van der Waals surface area contributed by atoms with Crippen LogP contribution in [0.1, 0.15) is 119 Å². The minimum absolute atomic E-state index is 0.122. The van der Waals surface area contributed by atoms with E-state index < -0.39 is 54.4 Å². The maximum atomic E-state index is 14.5. The van der Waals surface area contributed by atoms with E-state index in [1.807, 2.05) is 69.3 Å². The van der Waals surface area contributed by atoms with E-state index in [1.165, 1.54) is 0 Å². The van der Waals surface area contributed by atoms with Gasteiger partial charge in [-0.1, -0.05) is 133 Å². The van der Waals surface area contributed by atoms with Crippen molar-refractivity contribution in [3.05, 3.63) is 96.1 Å². The second-order valence-corrected chi connectivity index (χ2v) is 25.2. The summed E-state index contributed by atoms with van der Waals surface area (Å²) in [6, 6.07) is 28.7. The topological polar surface area (TPSA) is 123 Å². The zero-order valence-electron chi connectivity index (χ0n) is 38.4. The van der Waals surface area contributed by atoms with Crippen molar-refractivity contribution in [3.8, 4) is 0 Å². The molecule has 3 saturated carbocycles. The summed E-state index contributed by atoms with van der Waals surface area (Å²) in [5.74, 6) is -0.596. The third-order valence-electron chi connectivity index (χ3n) is 15.1. The number of carbonyl (C=O) groups excluding carboxylic acids is 3. The van der Waals surface area contributed by atoms with E-state index >= 15 is 0 Å². The molecule has 9 nitrogen and oxygen atoms in total. The highest BCUT2D eigenvalue weighted by atomic mass is 28.4.